The van der Waals surface area contributed by atoms with Gasteiger partial charge in [0.15, 0.2) is 11.5 Å². The van der Waals surface area contributed by atoms with E-state index in [1.54, 1.807) is 22.8 Å². The fourth-order valence-corrected chi connectivity index (χ4v) is 4.46. The molecule has 1 N–H and O–H groups in total. The first-order chi connectivity index (χ1) is 15.5. The Morgan fingerprint density at radius 3 is 2.69 bits per heavy atom. The minimum Gasteiger partial charge on any atom is -0.490 e. The molecule has 3 aromatic rings. The van der Waals surface area contributed by atoms with E-state index in [2.05, 4.69) is 24.1 Å². The van der Waals surface area contributed by atoms with Gasteiger partial charge in [0.2, 0.25) is 0 Å². The summed E-state index contributed by atoms with van der Waals surface area (Å²) in [6.07, 6.45) is 2.57. The predicted octanol–water partition coefficient (Wildman–Crippen LogP) is 3.63. The second-order valence-corrected chi connectivity index (χ2v) is 8.77. The molecule has 0 bridgehead atoms. The molecule has 7 nitrogen and oxygen atoms in total. The first-order valence-electron chi connectivity index (χ1n) is 11.2. The summed E-state index contributed by atoms with van der Waals surface area (Å²) < 4.78 is 13.3. The molecule has 1 atom stereocenters. The van der Waals surface area contributed by atoms with Crippen LogP contribution in [0.3, 0.4) is 0 Å². The lowest BCUT2D eigenvalue weighted by atomic mass is 9.95. The van der Waals surface area contributed by atoms with Crippen LogP contribution in [0.25, 0.3) is 10.9 Å². The number of hydrogen-bond acceptors (Lipinski definition) is 5. The number of carbonyl (C=O) groups is 1. The Labute approximate surface area is 186 Å². The Morgan fingerprint density at radius 1 is 1.06 bits per heavy atom. The standard InChI is InChI=1S/C25H27N3O4/c1-15(2)23(16-7-9-20-21(14-16)32-12-4-11-31-20)27-24(29)17-6-8-18-19(13-17)26-22-5-3-10-28(22)25(18)30/h6-9,13-15,23H,3-5,10-12H2,1-2H3,(H,27,29)/t23-/m0/s1. The zero-order valence-electron chi connectivity index (χ0n) is 18.4. The molecule has 0 unspecified atom stereocenters. The molecule has 0 spiro atoms. The average molecular weight is 434 g/mol. The molecule has 0 fully saturated rings. The van der Waals surface area contributed by atoms with Crippen molar-refractivity contribution in [2.24, 2.45) is 5.92 Å². The summed E-state index contributed by atoms with van der Waals surface area (Å²) in [5.74, 6) is 2.21. The number of fused-ring (bicyclic) bond motifs is 3. The van der Waals surface area contributed by atoms with Crippen LogP contribution in [0.4, 0.5) is 0 Å². The number of nitrogens with one attached hydrogen (secondary N) is 1. The van der Waals surface area contributed by atoms with Crippen molar-refractivity contribution in [3.63, 3.8) is 0 Å². The van der Waals surface area contributed by atoms with Gasteiger partial charge in [0.1, 0.15) is 5.82 Å². The molecule has 0 aliphatic carbocycles. The fraction of sp³-hybridized carbons (Fsp3) is 0.400. The predicted molar refractivity (Wildman–Crippen MR) is 121 cm³/mol. The van der Waals surface area contributed by atoms with E-state index in [4.69, 9.17) is 9.47 Å². The van der Waals surface area contributed by atoms with Gasteiger partial charge >= 0.3 is 0 Å². The van der Waals surface area contributed by atoms with Crippen LogP contribution in [0.15, 0.2) is 41.2 Å². The third-order valence-corrected chi connectivity index (χ3v) is 6.16. The number of benzene rings is 2. The van der Waals surface area contributed by atoms with Crippen LogP contribution in [-0.4, -0.2) is 28.7 Å². The van der Waals surface area contributed by atoms with Gasteiger partial charge in [-0.05, 0) is 48.2 Å². The molecular formula is C25H27N3O4. The van der Waals surface area contributed by atoms with E-state index in [-0.39, 0.29) is 23.4 Å². The number of ether oxygens (including phenoxy) is 2. The Kier molecular flexibility index (Phi) is 5.33. The molecule has 0 saturated carbocycles. The summed E-state index contributed by atoms with van der Waals surface area (Å²) in [6.45, 7) is 6.10. The fourth-order valence-electron chi connectivity index (χ4n) is 4.46. The van der Waals surface area contributed by atoms with E-state index >= 15 is 0 Å². The lowest BCUT2D eigenvalue weighted by Crippen LogP contribution is -2.32. The minimum absolute atomic E-state index is 0.0262. The van der Waals surface area contributed by atoms with E-state index in [1.165, 1.54) is 0 Å². The molecule has 2 aliphatic heterocycles. The molecule has 1 aromatic heterocycles. The summed E-state index contributed by atoms with van der Waals surface area (Å²) >= 11 is 0. The number of hydrogen-bond donors (Lipinski definition) is 1. The maximum Gasteiger partial charge on any atom is 0.261 e. The van der Waals surface area contributed by atoms with E-state index in [1.807, 2.05) is 18.2 Å². The van der Waals surface area contributed by atoms with Gasteiger partial charge in [0.25, 0.3) is 11.5 Å². The summed E-state index contributed by atoms with van der Waals surface area (Å²) in [5, 5.41) is 3.71. The maximum atomic E-state index is 13.2. The van der Waals surface area contributed by atoms with Crippen LogP contribution >= 0.6 is 0 Å². The molecule has 166 valence electrons. The summed E-state index contributed by atoms with van der Waals surface area (Å²) in [4.78, 5) is 30.5. The summed E-state index contributed by atoms with van der Waals surface area (Å²) in [7, 11) is 0. The maximum absolute atomic E-state index is 13.2. The minimum atomic E-state index is -0.200. The van der Waals surface area contributed by atoms with Crippen LogP contribution in [0, 0.1) is 5.92 Å². The van der Waals surface area contributed by atoms with Gasteiger partial charge in [-0.25, -0.2) is 4.98 Å². The van der Waals surface area contributed by atoms with Gasteiger partial charge in [-0.15, -0.1) is 0 Å². The number of carbonyl (C=O) groups excluding carboxylic acids is 1. The summed E-state index contributed by atoms with van der Waals surface area (Å²) in [5.41, 5.74) is 2.01. The second-order valence-electron chi connectivity index (χ2n) is 8.77. The van der Waals surface area contributed by atoms with E-state index < -0.39 is 0 Å². The number of rotatable bonds is 4. The molecule has 0 saturated heterocycles. The van der Waals surface area contributed by atoms with Crippen LogP contribution in [0.1, 0.15) is 54.5 Å². The molecule has 1 amide bonds. The first kappa shape index (κ1) is 20.5. The highest BCUT2D eigenvalue weighted by Gasteiger charge is 2.23. The van der Waals surface area contributed by atoms with Crippen molar-refractivity contribution in [2.75, 3.05) is 13.2 Å². The van der Waals surface area contributed by atoms with Crippen LogP contribution < -0.4 is 20.3 Å². The van der Waals surface area contributed by atoms with Crippen molar-refractivity contribution in [1.29, 1.82) is 0 Å². The second kappa shape index (κ2) is 8.30. The van der Waals surface area contributed by atoms with Crippen LogP contribution in [0.2, 0.25) is 0 Å². The molecule has 3 heterocycles. The first-order valence-corrected chi connectivity index (χ1v) is 11.2. The molecular weight excluding hydrogens is 406 g/mol. The van der Waals surface area contributed by atoms with E-state index in [0.717, 1.165) is 36.4 Å². The number of amides is 1. The van der Waals surface area contributed by atoms with Gasteiger partial charge in [-0.2, -0.15) is 0 Å². The largest absolute Gasteiger partial charge is 0.490 e. The topological polar surface area (TPSA) is 82.5 Å². The van der Waals surface area contributed by atoms with Gasteiger partial charge in [0.05, 0.1) is 30.2 Å². The highest BCUT2D eigenvalue weighted by molar-refractivity contribution is 5.97. The molecule has 7 heteroatoms. The van der Waals surface area contributed by atoms with Crippen molar-refractivity contribution in [3.05, 3.63) is 63.7 Å². The Bertz CT molecular complexity index is 1250. The third-order valence-electron chi connectivity index (χ3n) is 6.16. The van der Waals surface area contributed by atoms with E-state index in [9.17, 15) is 9.59 Å². The average Bonchev–Trinajstić information content (AvgIpc) is 3.13. The lowest BCUT2D eigenvalue weighted by Gasteiger charge is -2.24. The number of aryl methyl sites for hydroxylation is 1. The van der Waals surface area contributed by atoms with Crippen molar-refractivity contribution in [3.8, 4) is 11.5 Å². The van der Waals surface area contributed by atoms with Gasteiger partial charge in [-0.3, -0.25) is 14.2 Å². The third kappa shape index (κ3) is 3.72. The molecule has 0 radical (unpaired) electrons. The Balaban J connectivity index is 1.43. The van der Waals surface area contributed by atoms with Gasteiger partial charge < -0.3 is 14.8 Å². The van der Waals surface area contributed by atoms with Crippen LogP contribution in [0.5, 0.6) is 11.5 Å². The molecule has 32 heavy (non-hydrogen) atoms. The Morgan fingerprint density at radius 2 is 1.88 bits per heavy atom. The number of aromatic nitrogens is 2. The van der Waals surface area contributed by atoms with Crippen molar-refractivity contribution < 1.29 is 14.3 Å². The molecule has 5 rings (SSSR count). The Hall–Kier alpha value is -3.35. The highest BCUT2D eigenvalue weighted by atomic mass is 16.5. The van der Waals surface area contributed by atoms with Crippen LogP contribution in [-0.2, 0) is 13.0 Å². The lowest BCUT2D eigenvalue weighted by molar-refractivity contribution is 0.0925. The van der Waals surface area contributed by atoms with Gasteiger partial charge in [0, 0.05) is 24.9 Å². The number of nitrogens with zero attached hydrogens (tertiary/aromatic N) is 2. The van der Waals surface area contributed by atoms with Crippen molar-refractivity contribution >= 4 is 16.8 Å². The SMILES string of the molecule is CC(C)[C@H](NC(=O)c1ccc2c(=O)n3c(nc2c1)CCC3)c1ccc2c(c1)OCCCO2. The molecule has 2 aromatic carbocycles. The highest BCUT2D eigenvalue weighted by Crippen LogP contribution is 2.34. The zero-order valence-corrected chi connectivity index (χ0v) is 18.4. The monoisotopic (exact) mass is 433 g/mol. The molecule has 2 aliphatic rings. The van der Waals surface area contributed by atoms with E-state index in [0.29, 0.717) is 42.0 Å². The zero-order chi connectivity index (χ0) is 22.2. The van der Waals surface area contributed by atoms with Crippen molar-refractivity contribution in [2.45, 2.75) is 45.7 Å². The van der Waals surface area contributed by atoms with Gasteiger partial charge in [-0.1, -0.05) is 19.9 Å². The van der Waals surface area contributed by atoms with Crippen molar-refractivity contribution in [1.82, 2.24) is 14.9 Å². The summed E-state index contributed by atoms with van der Waals surface area (Å²) in [6, 6.07) is 10.8. The smallest absolute Gasteiger partial charge is 0.261 e. The normalized spacial score (nSPS) is 16.0. The quantitative estimate of drug-likeness (QED) is 0.679.